The lowest BCUT2D eigenvalue weighted by molar-refractivity contribution is 0.411. The van der Waals surface area contributed by atoms with Gasteiger partial charge in [-0.15, -0.1) is 0 Å². The van der Waals surface area contributed by atoms with E-state index in [9.17, 15) is 4.39 Å². The Balaban J connectivity index is 1.50. The van der Waals surface area contributed by atoms with Gasteiger partial charge >= 0.3 is 0 Å². The maximum atomic E-state index is 14.2. The monoisotopic (exact) mass is 454 g/mol. The molecule has 0 radical (unpaired) electrons. The molecule has 0 spiro atoms. The van der Waals surface area contributed by atoms with Gasteiger partial charge in [0.25, 0.3) is 0 Å². The number of halogens is 1. The molecule has 2 N–H and O–H groups in total. The Morgan fingerprint density at radius 3 is 2.68 bits per heavy atom. The van der Waals surface area contributed by atoms with Gasteiger partial charge in [-0.05, 0) is 36.8 Å². The second kappa shape index (κ2) is 7.48. The van der Waals surface area contributed by atoms with Crippen LogP contribution >= 0.6 is 0 Å². The molecule has 6 rings (SSSR count). The summed E-state index contributed by atoms with van der Waals surface area (Å²) < 4.78 is 21.4. The Morgan fingerprint density at radius 2 is 1.88 bits per heavy atom. The van der Waals surface area contributed by atoms with Crippen LogP contribution in [0.2, 0.25) is 0 Å². The molecule has 10 heteroatoms. The van der Waals surface area contributed by atoms with Crippen molar-refractivity contribution < 1.29 is 9.13 Å². The van der Waals surface area contributed by atoms with Crippen molar-refractivity contribution in [2.75, 3.05) is 7.11 Å². The molecule has 0 bridgehead atoms. The van der Waals surface area contributed by atoms with Crippen LogP contribution in [-0.4, -0.2) is 46.8 Å². The van der Waals surface area contributed by atoms with E-state index in [0.717, 1.165) is 22.7 Å². The summed E-state index contributed by atoms with van der Waals surface area (Å²) in [6, 6.07) is 8.38. The molecule has 0 fully saturated rings. The highest BCUT2D eigenvalue weighted by molar-refractivity contribution is 5.95. The van der Waals surface area contributed by atoms with E-state index in [1.165, 1.54) is 19.2 Å². The summed E-state index contributed by atoms with van der Waals surface area (Å²) in [7, 11) is 3.45. The zero-order chi connectivity index (χ0) is 23.4. The number of H-pyrrole nitrogens is 2. The Hall–Kier alpha value is -4.60. The molecule has 5 aromatic heterocycles. The summed E-state index contributed by atoms with van der Waals surface area (Å²) in [4.78, 5) is 21.6. The molecule has 1 aromatic carbocycles. The molecule has 9 nitrogen and oxygen atoms in total. The van der Waals surface area contributed by atoms with E-state index in [1.54, 1.807) is 24.7 Å². The minimum atomic E-state index is -0.400. The van der Waals surface area contributed by atoms with Gasteiger partial charge in [-0.3, -0.25) is 10.1 Å². The molecule has 6 aromatic rings. The van der Waals surface area contributed by atoms with E-state index in [4.69, 9.17) is 14.7 Å². The van der Waals surface area contributed by atoms with Crippen molar-refractivity contribution >= 4 is 22.1 Å². The summed E-state index contributed by atoms with van der Waals surface area (Å²) in [5.74, 6) is 1.45. The number of aryl methyl sites for hydroxylation is 1. The third kappa shape index (κ3) is 3.11. The minimum Gasteiger partial charge on any atom is -0.497 e. The predicted molar refractivity (Wildman–Crippen MR) is 126 cm³/mol. The van der Waals surface area contributed by atoms with Crippen molar-refractivity contribution in [2.45, 2.75) is 6.92 Å². The first-order valence-electron chi connectivity index (χ1n) is 10.5. The molecule has 0 amide bonds. The maximum Gasteiger partial charge on any atom is 0.161 e. The summed E-state index contributed by atoms with van der Waals surface area (Å²) in [5.41, 5.74) is 6.37. The predicted octanol–water partition coefficient (Wildman–Crippen LogP) is 4.42. The number of benzene rings is 1. The number of aromatic nitrogens is 8. The molecule has 168 valence electrons. The third-order valence-electron chi connectivity index (χ3n) is 5.93. The fourth-order valence-electron chi connectivity index (χ4n) is 4.04. The number of imidazole rings is 2. The lowest BCUT2D eigenvalue weighted by atomic mass is 10.1. The smallest absolute Gasteiger partial charge is 0.161 e. The Labute approximate surface area is 192 Å². The molecule has 0 atom stereocenters. The molecule has 0 saturated heterocycles. The van der Waals surface area contributed by atoms with E-state index in [2.05, 4.69) is 25.1 Å². The Morgan fingerprint density at radius 1 is 1.00 bits per heavy atom. The average Bonchev–Trinajstić information content (AvgIpc) is 3.54. The van der Waals surface area contributed by atoms with Crippen molar-refractivity contribution in [1.82, 2.24) is 39.7 Å². The topological polar surface area (TPSA) is 110 Å². The standard InChI is InChI=1S/C24H19FN8O/c1-12-27-11-20(33(12)2)17-4-5-18-22(28-17)23(32-31-18)24-29-19-10-26-9-16(21(19)30-24)13-6-14(25)8-15(7-13)34-3/h4-11H,1-3H3,(H,29,30)(H,31,32). The van der Waals surface area contributed by atoms with Gasteiger partial charge in [0.15, 0.2) is 11.5 Å². The number of fused-ring (bicyclic) bond motifs is 2. The molecular weight excluding hydrogens is 435 g/mol. The average molecular weight is 454 g/mol. The SMILES string of the molecule is COc1cc(F)cc(-c2cncc3[nH]c(-c4n[nH]c5ccc(-c6cnc(C)n6C)nc45)nc23)c1. The third-order valence-corrected chi connectivity index (χ3v) is 5.93. The summed E-state index contributed by atoms with van der Waals surface area (Å²) in [6.07, 6.45) is 5.14. The second-order valence-corrected chi connectivity index (χ2v) is 7.96. The summed E-state index contributed by atoms with van der Waals surface area (Å²) in [5, 5.41) is 7.48. The van der Waals surface area contributed by atoms with Crippen molar-refractivity contribution in [3.05, 3.63) is 60.6 Å². The second-order valence-electron chi connectivity index (χ2n) is 7.96. The van der Waals surface area contributed by atoms with Crippen molar-refractivity contribution in [3.8, 4) is 39.8 Å². The van der Waals surface area contributed by atoms with Gasteiger partial charge in [-0.25, -0.2) is 19.3 Å². The first-order valence-corrected chi connectivity index (χ1v) is 10.5. The number of methoxy groups -OCH3 is 1. The molecule has 0 saturated carbocycles. The van der Waals surface area contributed by atoms with E-state index in [1.807, 2.05) is 30.7 Å². The fourth-order valence-corrected chi connectivity index (χ4v) is 4.04. The molecular formula is C24H19FN8O. The van der Waals surface area contributed by atoms with Crippen LogP contribution in [0.25, 0.3) is 56.1 Å². The van der Waals surface area contributed by atoms with Gasteiger partial charge in [-0.1, -0.05) is 0 Å². The summed E-state index contributed by atoms with van der Waals surface area (Å²) in [6.45, 7) is 1.94. The lowest BCUT2D eigenvalue weighted by Crippen LogP contribution is -1.96. The number of hydrogen-bond donors (Lipinski definition) is 2. The quantitative estimate of drug-likeness (QED) is 0.408. The number of nitrogens with zero attached hydrogens (tertiary/aromatic N) is 6. The van der Waals surface area contributed by atoms with Crippen LogP contribution in [-0.2, 0) is 7.05 Å². The highest BCUT2D eigenvalue weighted by atomic mass is 19.1. The van der Waals surface area contributed by atoms with Crippen molar-refractivity contribution in [2.24, 2.45) is 7.05 Å². The van der Waals surface area contributed by atoms with Crippen LogP contribution < -0.4 is 4.74 Å². The number of pyridine rings is 2. The highest BCUT2D eigenvalue weighted by Gasteiger charge is 2.18. The lowest BCUT2D eigenvalue weighted by Gasteiger charge is -2.06. The van der Waals surface area contributed by atoms with Gasteiger partial charge in [0, 0.05) is 24.9 Å². The molecule has 0 aliphatic heterocycles. The molecule has 0 aliphatic rings. The van der Waals surface area contributed by atoms with Gasteiger partial charge in [0.2, 0.25) is 0 Å². The number of aromatic amines is 2. The summed E-state index contributed by atoms with van der Waals surface area (Å²) >= 11 is 0. The van der Waals surface area contributed by atoms with E-state index >= 15 is 0 Å². The van der Waals surface area contributed by atoms with Crippen LogP contribution in [0, 0.1) is 12.7 Å². The van der Waals surface area contributed by atoms with Gasteiger partial charge < -0.3 is 14.3 Å². The normalized spacial score (nSPS) is 11.5. The number of rotatable bonds is 4. The first-order chi connectivity index (χ1) is 16.5. The van der Waals surface area contributed by atoms with Crippen LogP contribution in [0.15, 0.2) is 48.9 Å². The minimum absolute atomic E-state index is 0.400. The van der Waals surface area contributed by atoms with Crippen LogP contribution in [0.4, 0.5) is 4.39 Å². The molecule has 0 unspecified atom stereocenters. The van der Waals surface area contributed by atoms with Crippen LogP contribution in [0.3, 0.4) is 0 Å². The zero-order valence-corrected chi connectivity index (χ0v) is 18.6. The first kappa shape index (κ1) is 20.0. The zero-order valence-electron chi connectivity index (χ0n) is 18.6. The Kier molecular flexibility index (Phi) is 4.41. The number of ether oxygens (including phenoxy) is 1. The van der Waals surface area contributed by atoms with E-state index in [-0.39, 0.29) is 0 Å². The highest BCUT2D eigenvalue weighted by Crippen LogP contribution is 2.33. The van der Waals surface area contributed by atoms with E-state index < -0.39 is 5.82 Å². The number of hydrogen-bond acceptors (Lipinski definition) is 6. The largest absolute Gasteiger partial charge is 0.497 e. The van der Waals surface area contributed by atoms with Crippen molar-refractivity contribution in [3.63, 3.8) is 0 Å². The van der Waals surface area contributed by atoms with Gasteiger partial charge in [0.05, 0.1) is 47.4 Å². The molecule has 34 heavy (non-hydrogen) atoms. The van der Waals surface area contributed by atoms with Gasteiger partial charge in [0.1, 0.15) is 22.9 Å². The number of nitrogens with one attached hydrogen (secondary N) is 2. The molecule has 0 aliphatic carbocycles. The van der Waals surface area contributed by atoms with Crippen molar-refractivity contribution in [1.29, 1.82) is 0 Å². The Bertz CT molecular complexity index is 1700. The fraction of sp³-hybridized carbons (Fsp3) is 0.125. The van der Waals surface area contributed by atoms with Gasteiger partial charge in [-0.2, -0.15) is 5.10 Å². The maximum absolute atomic E-state index is 14.2. The molecule has 5 heterocycles. The van der Waals surface area contributed by atoms with Crippen LogP contribution in [0.5, 0.6) is 5.75 Å². The van der Waals surface area contributed by atoms with E-state index in [0.29, 0.717) is 44.9 Å². The van der Waals surface area contributed by atoms with Crippen LogP contribution in [0.1, 0.15) is 5.82 Å².